The van der Waals surface area contributed by atoms with Gasteiger partial charge in [0.2, 0.25) is 0 Å². The van der Waals surface area contributed by atoms with E-state index in [0.29, 0.717) is 71.0 Å². The number of sulfonamides is 1. The number of benzene rings is 2. The lowest BCUT2D eigenvalue weighted by molar-refractivity contribution is -0.117. The van der Waals surface area contributed by atoms with Gasteiger partial charge in [-0.15, -0.1) is 11.3 Å². The molecule has 5 rings (SSSR count). The van der Waals surface area contributed by atoms with Crippen molar-refractivity contribution in [2.24, 2.45) is 0 Å². The Morgan fingerprint density at radius 3 is 2.65 bits per heavy atom. The minimum absolute atomic E-state index is 0.0193. The van der Waals surface area contributed by atoms with Crippen molar-refractivity contribution in [1.82, 2.24) is 9.97 Å². The van der Waals surface area contributed by atoms with E-state index >= 15 is 4.39 Å². The van der Waals surface area contributed by atoms with E-state index in [2.05, 4.69) is 10.3 Å². The molecule has 1 aliphatic rings. The monoisotopic (exact) mass is 674 g/mol. The maximum atomic E-state index is 16.6. The summed E-state index contributed by atoms with van der Waals surface area (Å²) in [7, 11) is -3.59. The molecule has 2 aromatic heterocycles. The molecule has 3 heterocycles. The van der Waals surface area contributed by atoms with Gasteiger partial charge in [0.05, 0.1) is 21.3 Å². The average molecular weight is 675 g/mol. The van der Waals surface area contributed by atoms with Crippen LogP contribution in [-0.2, 0) is 24.3 Å². The van der Waals surface area contributed by atoms with Gasteiger partial charge in [0.1, 0.15) is 34.9 Å². The van der Waals surface area contributed by atoms with Crippen LogP contribution in [0.3, 0.4) is 0 Å². The molecule has 244 valence electrons. The number of anilines is 2. The van der Waals surface area contributed by atoms with E-state index < -0.39 is 44.8 Å². The summed E-state index contributed by atoms with van der Waals surface area (Å²) in [5.41, 5.74) is 0.608. The lowest BCUT2D eigenvalue weighted by Gasteiger charge is -2.25. The van der Waals surface area contributed by atoms with Crippen molar-refractivity contribution in [1.29, 1.82) is 0 Å². The third kappa shape index (κ3) is 7.41. The van der Waals surface area contributed by atoms with Crippen molar-refractivity contribution < 1.29 is 35.9 Å². The van der Waals surface area contributed by atoms with Gasteiger partial charge in [-0.05, 0) is 74.2 Å². The number of hydrogen-bond acceptors (Lipinski definition) is 9. The van der Waals surface area contributed by atoms with Crippen LogP contribution in [0.1, 0.15) is 43.5 Å². The topological polar surface area (TPSA) is 111 Å². The van der Waals surface area contributed by atoms with Crippen LogP contribution in [0.15, 0.2) is 59.6 Å². The Balaban J connectivity index is 1.59. The van der Waals surface area contributed by atoms with Crippen LogP contribution in [0.2, 0.25) is 0 Å². The maximum Gasteiger partial charge on any atom is 0.269 e. The molecule has 0 amide bonds. The zero-order valence-electron chi connectivity index (χ0n) is 25.3. The van der Waals surface area contributed by atoms with Crippen molar-refractivity contribution in [2.45, 2.75) is 43.4 Å². The van der Waals surface area contributed by atoms with Gasteiger partial charge in [0.25, 0.3) is 10.0 Å². The fourth-order valence-corrected chi connectivity index (χ4v) is 7.83. The zero-order chi connectivity index (χ0) is 32.8. The Morgan fingerprint density at radius 2 is 1.91 bits per heavy atom. The molecule has 1 saturated heterocycles. The van der Waals surface area contributed by atoms with Crippen molar-refractivity contribution in [2.75, 3.05) is 43.2 Å². The molecule has 14 heteroatoms. The summed E-state index contributed by atoms with van der Waals surface area (Å²) in [6, 6.07) is 9.82. The highest BCUT2D eigenvalue weighted by Gasteiger charge is 2.32. The molecule has 1 N–H and O–H groups in total. The minimum Gasteiger partial charge on any atom is -0.381 e. The summed E-state index contributed by atoms with van der Waals surface area (Å²) < 4.78 is 83.6. The predicted octanol–water partition coefficient (Wildman–Crippen LogP) is 6.76. The van der Waals surface area contributed by atoms with E-state index in [4.69, 9.17) is 14.5 Å². The lowest BCUT2D eigenvalue weighted by Crippen LogP contribution is -2.34. The fourth-order valence-electron chi connectivity index (χ4n) is 5.13. The highest BCUT2D eigenvalue weighted by Crippen LogP contribution is 2.44. The Hall–Kier alpha value is -3.85. The molecular weight excluding hydrogens is 642 g/mol. The summed E-state index contributed by atoms with van der Waals surface area (Å²) in [5.74, 6) is -2.33. The van der Waals surface area contributed by atoms with Crippen LogP contribution < -0.4 is 9.62 Å². The molecule has 0 saturated carbocycles. The van der Waals surface area contributed by atoms with Crippen LogP contribution in [0.25, 0.3) is 21.7 Å². The number of ether oxygens (including phenoxy) is 2. The summed E-state index contributed by atoms with van der Waals surface area (Å²) in [6.07, 6.45) is 4.19. The largest absolute Gasteiger partial charge is 0.381 e. The summed E-state index contributed by atoms with van der Waals surface area (Å²) >= 11 is 1.41. The summed E-state index contributed by atoms with van der Waals surface area (Å²) in [6.45, 7) is 2.55. The molecule has 0 aliphatic carbocycles. The molecule has 1 fully saturated rings. The van der Waals surface area contributed by atoms with Crippen LogP contribution in [0.5, 0.6) is 0 Å². The predicted molar refractivity (Wildman–Crippen MR) is 170 cm³/mol. The highest BCUT2D eigenvalue weighted by molar-refractivity contribution is 7.92. The van der Waals surface area contributed by atoms with Gasteiger partial charge in [0, 0.05) is 51.0 Å². The van der Waals surface area contributed by atoms with Crippen molar-refractivity contribution in [3.05, 3.63) is 77.2 Å². The van der Waals surface area contributed by atoms with Crippen molar-refractivity contribution >= 4 is 38.6 Å². The first-order chi connectivity index (χ1) is 22.1. The number of nitrogens with one attached hydrogen (secondary N) is 1. The molecular formula is C32H33F3N4O5S2. The Morgan fingerprint density at radius 1 is 1.13 bits per heavy atom. The Labute approximate surface area is 269 Å². The molecule has 9 nitrogen and oxygen atoms in total. The molecule has 46 heavy (non-hydrogen) atoms. The number of rotatable bonds is 13. The normalized spacial score (nSPS) is 13.9. The number of Topliss-reactive ketones (excluding diaryl/α,β-unsaturated/α-hetero) is 1. The first kappa shape index (κ1) is 33.5. The standard InChI is InChI=1S/C32H33F3N4O5S2/c1-20(40)5-4-13-36-28-17-22(10-14-37-28)31-30(38-32(45-31)21-11-15-44-16-12-21)24-6-3-7-26(29(24)35)39(19-43-2)46(41,42)27-18-23(33)8-9-25(27)34/h3,6-10,14,17-18,21H,4-5,11-13,15-16,19H2,1-2H3,(H,36,37). The lowest BCUT2D eigenvalue weighted by atomic mass is 10.0. The number of aromatic nitrogens is 2. The number of pyridine rings is 1. The molecule has 0 unspecified atom stereocenters. The second kappa shape index (κ2) is 14.7. The van der Waals surface area contributed by atoms with E-state index in [1.807, 2.05) is 6.07 Å². The Kier molecular flexibility index (Phi) is 10.7. The number of nitrogens with zero attached hydrogens (tertiary/aromatic N) is 3. The second-order valence-electron chi connectivity index (χ2n) is 10.8. The zero-order valence-corrected chi connectivity index (χ0v) is 26.9. The van der Waals surface area contributed by atoms with Gasteiger partial charge in [-0.1, -0.05) is 6.07 Å². The first-order valence-electron chi connectivity index (χ1n) is 14.6. The third-order valence-electron chi connectivity index (χ3n) is 7.46. The van der Waals surface area contributed by atoms with E-state index in [0.717, 1.165) is 23.9 Å². The van der Waals surface area contributed by atoms with Crippen LogP contribution >= 0.6 is 11.3 Å². The molecule has 0 bridgehead atoms. The van der Waals surface area contributed by atoms with Crippen molar-refractivity contribution in [3.8, 4) is 21.7 Å². The SMILES string of the molecule is COCN(c1cccc(-c2nc(C3CCOCC3)sc2-c2ccnc(NCCCC(C)=O)c2)c1F)S(=O)(=O)c1cc(F)ccc1F. The molecule has 1 aliphatic heterocycles. The van der Waals surface area contributed by atoms with E-state index in [1.165, 1.54) is 43.6 Å². The third-order valence-corrected chi connectivity index (χ3v) is 10.5. The number of ketones is 1. The number of hydrogen-bond donors (Lipinski definition) is 1. The van der Waals surface area contributed by atoms with Gasteiger partial charge in [-0.2, -0.15) is 0 Å². The average Bonchev–Trinajstić information content (AvgIpc) is 3.49. The number of halogens is 3. The van der Waals surface area contributed by atoms with Crippen LogP contribution in [0.4, 0.5) is 24.7 Å². The Bertz CT molecular complexity index is 1810. The van der Waals surface area contributed by atoms with E-state index in [1.54, 1.807) is 12.3 Å². The highest BCUT2D eigenvalue weighted by atomic mass is 32.2. The van der Waals surface area contributed by atoms with E-state index in [-0.39, 0.29) is 17.3 Å². The van der Waals surface area contributed by atoms with Crippen molar-refractivity contribution in [3.63, 3.8) is 0 Å². The van der Waals surface area contributed by atoms with Gasteiger partial charge >= 0.3 is 0 Å². The quantitative estimate of drug-likeness (QED) is 0.122. The number of methoxy groups -OCH3 is 1. The van der Waals surface area contributed by atoms with E-state index in [9.17, 15) is 22.0 Å². The number of carbonyl (C=O) groups is 1. The summed E-state index contributed by atoms with van der Waals surface area (Å²) in [5, 5.41) is 4.00. The smallest absolute Gasteiger partial charge is 0.269 e. The first-order valence-corrected chi connectivity index (χ1v) is 16.9. The van der Waals surface area contributed by atoms with Crippen LogP contribution in [0, 0.1) is 17.5 Å². The molecule has 0 spiro atoms. The minimum atomic E-state index is -4.80. The molecule has 0 radical (unpaired) electrons. The summed E-state index contributed by atoms with van der Waals surface area (Å²) in [4.78, 5) is 20.3. The van der Waals surface area contributed by atoms with Gasteiger partial charge in [-0.25, -0.2) is 35.9 Å². The van der Waals surface area contributed by atoms with Crippen LogP contribution in [-0.4, -0.2) is 57.8 Å². The van der Waals surface area contributed by atoms with Gasteiger partial charge in [-0.3, -0.25) is 0 Å². The molecule has 2 aromatic carbocycles. The number of thiazole rings is 1. The maximum absolute atomic E-state index is 16.6. The second-order valence-corrected chi connectivity index (χ2v) is 13.6. The van der Waals surface area contributed by atoms with Gasteiger partial charge < -0.3 is 19.6 Å². The van der Waals surface area contributed by atoms with Gasteiger partial charge in [0.15, 0.2) is 5.82 Å². The molecule has 0 atom stereocenters. The fraction of sp³-hybridized carbons (Fsp3) is 0.344. The number of carbonyl (C=O) groups excluding carboxylic acids is 1. The molecule has 4 aromatic rings.